The summed E-state index contributed by atoms with van der Waals surface area (Å²) in [6, 6.07) is 15.0. The molecule has 0 saturated heterocycles. The third-order valence-electron chi connectivity index (χ3n) is 4.79. The van der Waals surface area contributed by atoms with Crippen LogP contribution in [0.15, 0.2) is 42.5 Å². The van der Waals surface area contributed by atoms with E-state index in [0.29, 0.717) is 5.02 Å². The van der Waals surface area contributed by atoms with Crippen molar-refractivity contribution in [3.8, 4) is 16.9 Å². The van der Waals surface area contributed by atoms with Crippen molar-refractivity contribution in [1.82, 2.24) is 0 Å². The molecule has 0 aliphatic heterocycles. The van der Waals surface area contributed by atoms with Crippen molar-refractivity contribution in [3.63, 3.8) is 0 Å². The van der Waals surface area contributed by atoms with E-state index < -0.39 is 0 Å². The van der Waals surface area contributed by atoms with Crippen molar-refractivity contribution in [2.75, 3.05) is 6.61 Å². The molecule has 0 N–H and O–H groups in total. The Morgan fingerprint density at radius 2 is 1.38 bits per heavy atom. The monoisotopic (exact) mass is 372 g/mol. The van der Waals surface area contributed by atoms with E-state index >= 15 is 0 Å². The Bertz CT molecular complexity index is 633. The molecule has 26 heavy (non-hydrogen) atoms. The molecule has 2 aromatic carbocycles. The van der Waals surface area contributed by atoms with Gasteiger partial charge in [-0.25, -0.2) is 0 Å². The zero-order chi connectivity index (χ0) is 18.6. The van der Waals surface area contributed by atoms with Gasteiger partial charge in [0, 0.05) is 0 Å². The highest BCUT2D eigenvalue weighted by Gasteiger charge is 2.05. The lowest BCUT2D eigenvalue weighted by molar-refractivity contribution is 0.305. The Morgan fingerprint density at radius 3 is 2.08 bits per heavy atom. The van der Waals surface area contributed by atoms with E-state index in [1.165, 1.54) is 62.5 Å². The zero-order valence-electron chi connectivity index (χ0n) is 16.4. The third-order valence-corrected chi connectivity index (χ3v) is 5.09. The molecule has 0 fully saturated rings. The fourth-order valence-corrected chi connectivity index (χ4v) is 3.36. The van der Waals surface area contributed by atoms with Crippen LogP contribution in [0.4, 0.5) is 0 Å². The minimum Gasteiger partial charge on any atom is -0.492 e. The maximum atomic E-state index is 6.43. The van der Waals surface area contributed by atoms with Gasteiger partial charge in [-0.3, -0.25) is 0 Å². The highest BCUT2D eigenvalue weighted by atomic mass is 35.5. The number of unbranched alkanes of at least 4 members (excludes halogenated alkanes) is 6. The lowest BCUT2D eigenvalue weighted by Crippen LogP contribution is -1.98. The molecule has 0 radical (unpaired) electrons. The van der Waals surface area contributed by atoms with Crippen molar-refractivity contribution < 1.29 is 4.74 Å². The van der Waals surface area contributed by atoms with Crippen molar-refractivity contribution in [2.24, 2.45) is 0 Å². The van der Waals surface area contributed by atoms with Gasteiger partial charge in [0.25, 0.3) is 0 Å². The van der Waals surface area contributed by atoms with Crippen LogP contribution in [0, 0.1) is 0 Å². The van der Waals surface area contributed by atoms with E-state index in [1.54, 1.807) is 0 Å². The zero-order valence-corrected chi connectivity index (χ0v) is 17.2. The molecule has 0 amide bonds. The number of rotatable bonds is 12. The number of hydrogen-bond acceptors (Lipinski definition) is 1. The predicted octanol–water partition coefficient (Wildman–Crippen LogP) is 8.09. The first kappa shape index (κ1) is 20.8. The van der Waals surface area contributed by atoms with Gasteiger partial charge in [-0.2, -0.15) is 0 Å². The summed E-state index contributed by atoms with van der Waals surface area (Å²) < 4.78 is 5.85. The normalized spacial score (nSPS) is 10.9. The second-order valence-corrected chi connectivity index (χ2v) is 7.47. The maximum absolute atomic E-state index is 6.43. The summed E-state index contributed by atoms with van der Waals surface area (Å²) in [5.41, 5.74) is 3.76. The summed E-state index contributed by atoms with van der Waals surface area (Å²) in [7, 11) is 0. The standard InChI is InChI=1S/C24H33ClO/c1-3-5-7-8-10-18-26-24-17-16-22(19-23(24)25)21-14-12-20(13-15-21)11-9-6-4-2/h12-17,19H,3-11,18H2,1-2H3. The SMILES string of the molecule is CCCCCCCOc1ccc(-c2ccc(CCCCC)cc2)cc1Cl. The Kier molecular flexibility index (Phi) is 9.63. The summed E-state index contributed by atoms with van der Waals surface area (Å²) >= 11 is 6.43. The van der Waals surface area contributed by atoms with Crippen LogP contribution < -0.4 is 4.74 Å². The molecule has 0 atom stereocenters. The summed E-state index contributed by atoms with van der Waals surface area (Å²) in [5, 5.41) is 0.697. The molecule has 0 aromatic heterocycles. The Balaban J connectivity index is 1.87. The minimum atomic E-state index is 0.697. The average Bonchev–Trinajstić information content (AvgIpc) is 2.66. The van der Waals surface area contributed by atoms with Crippen molar-refractivity contribution in [1.29, 1.82) is 0 Å². The molecular weight excluding hydrogens is 340 g/mol. The maximum Gasteiger partial charge on any atom is 0.137 e. The molecule has 0 unspecified atom stereocenters. The first-order valence-corrected chi connectivity index (χ1v) is 10.6. The quantitative estimate of drug-likeness (QED) is 0.342. The lowest BCUT2D eigenvalue weighted by Gasteiger charge is -2.10. The fourth-order valence-electron chi connectivity index (χ4n) is 3.13. The number of ether oxygens (including phenoxy) is 1. The molecule has 2 rings (SSSR count). The van der Waals surface area contributed by atoms with Crippen LogP contribution in [-0.4, -0.2) is 6.61 Å². The second kappa shape index (κ2) is 12.0. The van der Waals surface area contributed by atoms with Crippen LogP contribution in [0.5, 0.6) is 5.75 Å². The van der Waals surface area contributed by atoms with E-state index in [0.717, 1.165) is 24.3 Å². The van der Waals surface area contributed by atoms with Gasteiger partial charge in [-0.15, -0.1) is 0 Å². The smallest absolute Gasteiger partial charge is 0.137 e. The van der Waals surface area contributed by atoms with Crippen LogP contribution in [0.3, 0.4) is 0 Å². The Labute approximate surface area is 164 Å². The molecule has 1 nitrogen and oxygen atoms in total. The van der Waals surface area contributed by atoms with Gasteiger partial charge in [0.2, 0.25) is 0 Å². The largest absolute Gasteiger partial charge is 0.492 e. The summed E-state index contributed by atoms with van der Waals surface area (Å²) in [6.07, 6.45) is 11.2. The van der Waals surface area contributed by atoms with Gasteiger partial charge in [0.05, 0.1) is 11.6 Å². The van der Waals surface area contributed by atoms with Gasteiger partial charge < -0.3 is 4.74 Å². The van der Waals surface area contributed by atoms with E-state index in [4.69, 9.17) is 16.3 Å². The molecular formula is C24H33ClO. The van der Waals surface area contributed by atoms with Crippen LogP contribution in [0.2, 0.25) is 5.02 Å². The molecule has 2 aromatic rings. The fraction of sp³-hybridized carbons (Fsp3) is 0.500. The third kappa shape index (κ3) is 7.03. The van der Waals surface area contributed by atoms with Crippen molar-refractivity contribution in [2.45, 2.75) is 71.6 Å². The highest BCUT2D eigenvalue weighted by Crippen LogP contribution is 2.31. The Hall–Kier alpha value is -1.47. The van der Waals surface area contributed by atoms with Gasteiger partial charge in [-0.1, -0.05) is 94.3 Å². The molecule has 0 heterocycles. The van der Waals surface area contributed by atoms with Gasteiger partial charge in [0.1, 0.15) is 5.75 Å². The first-order valence-electron chi connectivity index (χ1n) is 10.3. The molecule has 2 heteroatoms. The summed E-state index contributed by atoms with van der Waals surface area (Å²) in [5.74, 6) is 0.794. The van der Waals surface area contributed by atoms with Crippen molar-refractivity contribution in [3.05, 3.63) is 53.1 Å². The molecule has 0 saturated carbocycles. The number of halogens is 1. The predicted molar refractivity (Wildman–Crippen MR) is 114 cm³/mol. The number of benzene rings is 2. The van der Waals surface area contributed by atoms with Crippen LogP contribution in [0.1, 0.15) is 70.8 Å². The molecule has 0 aliphatic carbocycles. The number of hydrogen-bond donors (Lipinski definition) is 0. The molecule has 0 bridgehead atoms. The van der Waals surface area contributed by atoms with Gasteiger partial charge in [-0.05, 0) is 48.1 Å². The van der Waals surface area contributed by atoms with Crippen LogP contribution >= 0.6 is 11.6 Å². The first-order chi connectivity index (χ1) is 12.7. The van der Waals surface area contributed by atoms with E-state index in [1.807, 2.05) is 12.1 Å². The van der Waals surface area contributed by atoms with Gasteiger partial charge in [0.15, 0.2) is 0 Å². The van der Waals surface area contributed by atoms with E-state index in [9.17, 15) is 0 Å². The highest BCUT2D eigenvalue weighted by molar-refractivity contribution is 6.32. The molecule has 0 spiro atoms. The topological polar surface area (TPSA) is 9.23 Å². The Morgan fingerprint density at radius 1 is 0.731 bits per heavy atom. The average molecular weight is 373 g/mol. The van der Waals surface area contributed by atoms with Crippen LogP contribution in [0.25, 0.3) is 11.1 Å². The number of aryl methyl sites for hydroxylation is 1. The molecule has 0 aliphatic rings. The summed E-state index contributed by atoms with van der Waals surface area (Å²) in [6.45, 7) is 5.22. The van der Waals surface area contributed by atoms with Gasteiger partial charge >= 0.3 is 0 Å². The second-order valence-electron chi connectivity index (χ2n) is 7.06. The molecule has 142 valence electrons. The van der Waals surface area contributed by atoms with E-state index in [2.05, 4.69) is 44.2 Å². The minimum absolute atomic E-state index is 0.697. The lowest BCUT2D eigenvalue weighted by atomic mass is 10.0. The van der Waals surface area contributed by atoms with E-state index in [-0.39, 0.29) is 0 Å². The van der Waals surface area contributed by atoms with Crippen LogP contribution in [-0.2, 0) is 6.42 Å². The van der Waals surface area contributed by atoms with Crippen molar-refractivity contribution >= 4 is 11.6 Å². The summed E-state index contributed by atoms with van der Waals surface area (Å²) in [4.78, 5) is 0.